The van der Waals surface area contributed by atoms with Crippen molar-refractivity contribution in [1.29, 1.82) is 0 Å². The van der Waals surface area contributed by atoms with E-state index in [0.29, 0.717) is 18.5 Å². The van der Waals surface area contributed by atoms with Gasteiger partial charge in [-0.1, -0.05) is 34.1 Å². The van der Waals surface area contributed by atoms with Crippen LogP contribution in [0.15, 0.2) is 0 Å². The molecule has 3 heteroatoms. The molecular formula is C11H24N2O. The third-order valence-corrected chi connectivity index (χ3v) is 2.37. The number of nitrogens with one attached hydrogen (secondary N) is 1. The van der Waals surface area contributed by atoms with Crippen LogP contribution in [0.1, 0.15) is 34.1 Å². The summed E-state index contributed by atoms with van der Waals surface area (Å²) in [6.07, 6.45) is 1.12. The third-order valence-electron chi connectivity index (χ3n) is 2.37. The van der Waals surface area contributed by atoms with Gasteiger partial charge < -0.3 is 10.2 Å². The van der Waals surface area contributed by atoms with Gasteiger partial charge >= 0.3 is 0 Å². The Labute approximate surface area is 87.9 Å². The Bertz CT molecular complexity index is 169. The maximum atomic E-state index is 11.6. The predicted molar refractivity (Wildman–Crippen MR) is 60.2 cm³/mol. The van der Waals surface area contributed by atoms with Gasteiger partial charge in [0.05, 0.1) is 6.54 Å². The van der Waals surface area contributed by atoms with Crippen molar-refractivity contribution in [2.24, 2.45) is 5.92 Å². The highest BCUT2D eigenvalue weighted by molar-refractivity contribution is 5.77. The monoisotopic (exact) mass is 200 g/mol. The van der Waals surface area contributed by atoms with Crippen LogP contribution in [0.3, 0.4) is 0 Å². The Morgan fingerprint density at radius 2 is 1.93 bits per heavy atom. The minimum atomic E-state index is 0.180. The summed E-state index contributed by atoms with van der Waals surface area (Å²) in [4.78, 5) is 13.4. The lowest BCUT2D eigenvalue weighted by Crippen LogP contribution is -2.39. The van der Waals surface area contributed by atoms with E-state index in [9.17, 15) is 4.79 Å². The summed E-state index contributed by atoms with van der Waals surface area (Å²) in [7, 11) is 1.87. The molecule has 0 rings (SSSR count). The van der Waals surface area contributed by atoms with E-state index in [1.54, 1.807) is 0 Å². The molecule has 84 valence electrons. The van der Waals surface area contributed by atoms with Crippen LogP contribution in [0.4, 0.5) is 0 Å². The zero-order valence-electron chi connectivity index (χ0n) is 10.1. The van der Waals surface area contributed by atoms with Gasteiger partial charge in [-0.05, 0) is 5.92 Å². The fourth-order valence-electron chi connectivity index (χ4n) is 1.12. The second-order valence-corrected chi connectivity index (χ2v) is 4.32. The second-order valence-electron chi connectivity index (χ2n) is 4.32. The Morgan fingerprint density at radius 1 is 1.36 bits per heavy atom. The van der Waals surface area contributed by atoms with E-state index in [2.05, 4.69) is 19.2 Å². The molecule has 1 amide bonds. The maximum absolute atomic E-state index is 11.6. The summed E-state index contributed by atoms with van der Waals surface area (Å²) in [5.74, 6) is 0.766. The normalized spacial score (nSPS) is 13.0. The van der Waals surface area contributed by atoms with Gasteiger partial charge in [-0.3, -0.25) is 4.79 Å². The van der Waals surface area contributed by atoms with Gasteiger partial charge in [0.15, 0.2) is 0 Å². The number of carbonyl (C=O) groups excluding carboxylic acids is 1. The van der Waals surface area contributed by atoms with Crippen molar-refractivity contribution in [2.75, 3.05) is 20.1 Å². The predicted octanol–water partition coefficient (Wildman–Crippen LogP) is 1.49. The van der Waals surface area contributed by atoms with Crippen LogP contribution in [0, 0.1) is 5.92 Å². The average Bonchev–Trinajstić information content (AvgIpc) is 2.13. The molecule has 1 unspecified atom stereocenters. The van der Waals surface area contributed by atoms with Gasteiger partial charge in [-0.2, -0.15) is 0 Å². The van der Waals surface area contributed by atoms with Crippen LogP contribution in [-0.2, 0) is 4.79 Å². The van der Waals surface area contributed by atoms with Crippen molar-refractivity contribution in [3.8, 4) is 0 Å². The summed E-state index contributed by atoms with van der Waals surface area (Å²) in [5, 5.41) is 3.13. The fraction of sp³-hybridized carbons (Fsp3) is 0.909. The number of hydrogen-bond acceptors (Lipinski definition) is 2. The number of rotatable bonds is 6. The highest BCUT2D eigenvalue weighted by atomic mass is 16.2. The van der Waals surface area contributed by atoms with E-state index in [0.717, 1.165) is 13.0 Å². The van der Waals surface area contributed by atoms with E-state index in [4.69, 9.17) is 0 Å². The van der Waals surface area contributed by atoms with Gasteiger partial charge in [0, 0.05) is 19.6 Å². The minimum absolute atomic E-state index is 0.180. The third kappa shape index (κ3) is 5.97. The van der Waals surface area contributed by atoms with Crippen LogP contribution in [-0.4, -0.2) is 37.0 Å². The summed E-state index contributed by atoms with van der Waals surface area (Å²) < 4.78 is 0. The molecule has 0 spiro atoms. The molecule has 3 nitrogen and oxygen atoms in total. The first-order chi connectivity index (χ1) is 6.47. The molecule has 14 heavy (non-hydrogen) atoms. The standard InChI is InChI=1S/C11H24N2O/c1-6-10(4)8-13(5)11(14)7-12-9(2)3/h9-10,12H,6-8H2,1-5H3. The first kappa shape index (κ1) is 13.4. The van der Waals surface area contributed by atoms with E-state index in [-0.39, 0.29) is 5.91 Å². The number of nitrogens with zero attached hydrogens (tertiary/aromatic N) is 1. The van der Waals surface area contributed by atoms with Crippen molar-refractivity contribution in [2.45, 2.75) is 40.2 Å². The first-order valence-electron chi connectivity index (χ1n) is 5.44. The number of carbonyl (C=O) groups is 1. The van der Waals surface area contributed by atoms with Crippen LogP contribution in [0.5, 0.6) is 0 Å². The topological polar surface area (TPSA) is 32.3 Å². The van der Waals surface area contributed by atoms with Crippen LogP contribution >= 0.6 is 0 Å². The van der Waals surface area contributed by atoms with Gasteiger partial charge in [0.25, 0.3) is 0 Å². The molecule has 0 aliphatic heterocycles. The molecule has 0 aromatic carbocycles. The number of hydrogen-bond donors (Lipinski definition) is 1. The second kappa shape index (κ2) is 6.82. The summed E-state index contributed by atoms with van der Waals surface area (Å²) in [5.41, 5.74) is 0. The van der Waals surface area contributed by atoms with E-state index < -0.39 is 0 Å². The Hall–Kier alpha value is -0.570. The summed E-state index contributed by atoms with van der Waals surface area (Å²) in [6.45, 7) is 9.71. The van der Waals surface area contributed by atoms with Crippen molar-refractivity contribution < 1.29 is 4.79 Å². The quantitative estimate of drug-likeness (QED) is 0.704. The summed E-state index contributed by atoms with van der Waals surface area (Å²) in [6, 6.07) is 0.371. The van der Waals surface area contributed by atoms with Gasteiger partial charge in [-0.15, -0.1) is 0 Å². The van der Waals surface area contributed by atoms with Crippen molar-refractivity contribution in [3.05, 3.63) is 0 Å². The van der Waals surface area contributed by atoms with Gasteiger partial charge in [0.2, 0.25) is 5.91 Å². The molecule has 0 aromatic heterocycles. The molecule has 0 saturated heterocycles. The first-order valence-corrected chi connectivity index (χ1v) is 5.44. The van der Waals surface area contributed by atoms with Gasteiger partial charge in [-0.25, -0.2) is 0 Å². The number of amides is 1. The van der Waals surface area contributed by atoms with Crippen LogP contribution in [0.2, 0.25) is 0 Å². The van der Waals surface area contributed by atoms with Crippen molar-refractivity contribution >= 4 is 5.91 Å². The lowest BCUT2D eigenvalue weighted by atomic mass is 10.1. The highest BCUT2D eigenvalue weighted by Crippen LogP contribution is 2.02. The molecule has 0 radical (unpaired) electrons. The molecule has 0 fully saturated rings. The van der Waals surface area contributed by atoms with Crippen LogP contribution < -0.4 is 5.32 Å². The Kier molecular flexibility index (Phi) is 6.54. The van der Waals surface area contributed by atoms with E-state index in [1.165, 1.54) is 0 Å². The molecular weight excluding hydrogens is 176 g/mol. The average molecular weight is 200 g/mol. The van der Waals surface area contributed by atoms with E-state index in [1.807, 2.05) is 25.8 Å². The lowest BCUT2D eigenvalue weighted by molar-refractivity contribution is -0.129. The van der Waals surface area contributed by atoms with Gasteiger partial charge in [0.1, 0.15) is 0 Å². The highest BCUT2D eigenvalue weighted by Gasteiger charge is 2.11. The zero-order valence-corrected chi connectivity index (χ0v) is 10.1. The molecule has 0 bridgehead atoms. The van der Waals surface area contributed by atoms with E-state index >= 15 is 0 Å². The molecule has 0 aromatic rings. The molecule has 1 N–H and O–H groups in total. The SMILES string of the molecule is CCC(C)CN(C)C(=O)CNC(C)C. The lowest BCUT2D eigenvalue weighted by Gasteiger charge is -2.21. The Morgan fingerprint density at radius 3 is 2.36 bits per heavy atom. The smallest absolute Gasteiger partial charge is 0.236 e. The largest absolute Gasteiger partial charge is 0.344 e. The molecule has 0 aliphatic rings. The fourth-order valence-corrected chi connectivity index (χ4v) is 1.12. The van der Waals surface area contributed by atoms with Crippen molar-refractivity contribution in [3.63, 3.8) is 0 Å². The van der Waals surface area contributed by atoms with Crippen molar-refractivity contribution in [1.82, 2.24) is 10.2 Å². The molecule has 1 atom stereocenters. The number of likely N-dealkylation sites (N-methyl/N-ethyl adjacent to an activating group) is 1. The molecule has 0 heterocycles. The minimum Gasteiger partial charge on any atom is -0.344 e. The molecule has 0 saturated carbocycles. The zero-order chi connectivity index (χ0) is 11.1. The van der Waals surface area contributed by atoms with Crippen LogP contribution in [0.25, 0.3) is 0 Å². The maximum Gasteiger partial charge on any atom is 0.236 e. The summed E-state index contributed by atoms with van der Waals surface area (Å²) >= 11 is 0. The Balaban J connectivity index is 3.76. The molecule has 0 aliphatic carbocycles.